The van der Waals surface area contributed by atoms with E-state index in [1.807, 2.05) is 22.8 Å². The Labute approximate surface area is 114 Å². The molecule has 0 aliphatic carbocycles. The van der Waals surface area contributed by atoms with Gasteiger partial charge in [0, 0.05) is 10.7 Å². The van der Waals surface area contributed by atoms with Gasteiger partial charge in [-0.2, -0.15) is 0 Å². The van der Waals surface area contributed by atoms with Crippen molar-refractivity contribution in [2.24, 2.45) is 5.73 Å². The lowest BCUT2D eigenvalue weighted by Crippen LogP contribution is -2.11. The summed E-state index contributed by atoms with van der Waals surface area (Å²) in [7, 11) is 0. The molecule has 1 amide bonds. The molecule has 19 heavy (non-hydrogen) atoms. The van der Waals surface area contributed by atoms with Crippen LogP contribution in [0.5, 0.6) is 0 Å². The zero-order chi connectivity index (χ0) is 13.4. The Bertz CT molecular complexity index is 762. The molecule has 0 spiro atoms. The Morgan fingerprint density at radius 2 is 1.89 bits per heavy atom. The minimum atomic E-state index is -0.480. The molecule has 0 bridgehead atoms. The molecule has 0 aliphatic heterocycles. The van der Waals surface area contributed by atoms with Gasteiger partial charge in [0.1, 0.15) is 11.8 Å². The first-order valence-corrected chi connectivity index (χ1v) is 6.06. The number of imidazole rings is 1. The van der Waals surface area contributed by atoms with Crippen LogP contribution in [0.1, 0.15) is 10.4 Å². The minimum absolute atomic E-state index is 0.421. The summed E-state index contributed by atoms with van der Waals surface area (Å²) in [4.78, 5) is 15.6. The lowest BCUT2D eigenvalue weighted by atomic mass is 10.1. The van der Waals surface area contributed by atoms with E-state index in [0.717, 1.165) is 11.2 Å². The van der Waals surface area contributed by atoms with E-state index in [-0.39, 0.29) is 0 Å². The number of carbonyl (C=O) groups excluding carboxylic acids is 1. The Hall–Kier alpha value is -2.33. The van der Waals surface area contributed by atoms with Crippen LogP contribution >= 0.6 is 11.6 Å². The van der Waals surface area contributed by atoms with Gasteiger partial charge in [-0.05, 0) is 36.4 Å². The van der Waals surface area contributed by atoms with Gasteiger partial charge < -0.3 is 5.73 Å². The first-order chi connectivity index (χ1) is 9.16. The molecule has 4 nitrogen and oxygen atoms in total. The topological polar surface area (TPSA) is 60.9 Å². The van der Waals surface area contributed by atoms with Gasteiger partial charge in [-0.3, -0.25) is 9.36 Å². The van der Waals surface area contributed by atoms with Crippen LogP contribution in [-0.2, 0) is 0 Å². The zero-order valence-corrected chi connectivity index (χ0v) is 10.6. The highest BCUT2D eigenvalue weighted by molar-refractivity contribution is 6.30. The number of nitrogens with zero attached hydrogens (tertiary/aromatic N) is 2. The summed E-state index contributed by atoms with van der Waals surface area (Å²) in [5.74, 6) is -0.480. The molecular formula is C14H10ClN3O. The monoisotopic (exact) mass is 271 g/mol. The Morgan fingerprint density at radius 3 is 2.58 bits per heavy atom. The second kappa shape index (κ2) is 4.40. The van der Waals surface area contributed by atoms with E-state index in [4.69, 9.17) is 17.3 Å². The fourth-order valence-electron chi connectivity index (χ4n) is 2.05. The van der Waals surface area contributed by atoms with E-state index in [2.05, 4.69) is 4.98 Å². The third-order valence-corrected chi connectivity index (χ3v) is 3.20. The SMILES string of the molecule is NC(=O)c1cccc2c1ncn2-c1ccc(Cl)cc1. The molecule has 0 unspecified atom stereocenters. The predicted molar refractivity (Wildman–Crippen MR) is 74.6 cm³/mol. The maximum Gasteiger partial charge on any atom is 0.250 e. The van der Waals surface area contributed by atoms with E-state index in [9.17, 15) is 4.79 Å². The van der Waals surface area contributed by atoms with E-state index >= 15 is 0 Å². The second-order valence-electron chi connectivity index (χ2n) is 4.13. The molecule has 0 fully saturated rings. The molecule has 3 rings (SSSR count). The highest BCUT2D eigenvalue weighted by Crippen LogP contribution is 2.22. The number of nitrogens with two attached hydrogens (primary N) is 1. The van der Waals surface area contributed by atoms with Gasteiger partial charge in [-0.25, -0.2) is 4.98 Å². The Balaban J connectivity index is 2.24. The fraction of sp³-hybridized carbons (Fsp3) is 0. The van der Waals surface area contributed by atoms with Gasteiger partial charge in [0.2, 0.25) is 0 Å². The highest BCUT2D eigenvalue weighted by atomic mass is 35.5. The third-order valence-electron chi connectivity index (χ3n) is 2.95. The molecule has 3 aromatic rings. The summed E-state index contributed by atoms with van der Waals surface area (Å²) < 4.78 is 1.89. The smallest absolute Gasteiger partial charge is 0.250 e. The number of primary amides is 1. The number of carbonyl (C=O) groups is 1. The number of fused-ring (bicyclic) bond motifs is 1. The van der Waals surface area contributed by atoms with Gasteiger partial charge in [0.05, 0.1) is 11.1 Å². The van der Waals surface area contributed by atoms with Gasteiger partial charge in [0.25, 0.3) is 5.91 Å². The van der Waals surface area contributed by atoms with Crippen molar-refractivity contribution in [1.29, 1.82) is 0 Å². The maximum absolute atomic E-state index is 11.4. The number of halogens is 1. The summed E-state index contributed by atoms with van der Waals surface area (Å²) in [6.45, 7) is 0. The molecule has 1 aromatic heterocycles. The number of aromatic nitrogens is 2. The van der Waals surface area contributed by atoms with Crippen molar-refractivity contribution >= 4 is 28.5 Å². The van der Waals surface area contributed by atoms with Crippen LogP contribution in [0.3, 0.4) is 0 Å². The molecule has 2 aromatic carbocycles. The van der Waals surface area contributed by atoms with Crippen LogP contribution in [0.15, 0.2) is 48.8 Å². The standard InChI is InChI=1S/C14H10ClN3O/c15-9-4-6-10(7-5-9)18-8-17-13-11(14(16)19)2-1-3-12(13)18/h1-8H,(H2,16,19). The molecule has 0 radical (unpaired) electrons. The maximum atomic E-state index is 11.4. The van der Waals surface area contributed by atoms with Crippen molar-refractivity contribution in [2.75, 3.05) is 0 Å². The first kappa shape index (κ1) is 11.7. The van der Waals surface area contributed by atoms with Crippen LogP contribution in [0, 0.1) is 0 Å². The molecule has 0 saturated heterocycles. The predicted octanol–water partition coefficient (Wildman–Crippen LogP) is 2.78. The average Bonchev–Trinajstić information content (AvgIpc) is 2.83. The molecular weight excluding hydrogens is 262 g/mol. The van der Waals surface area contributed by atoms with Crippen molar-refractivity contribution in [2.45, 2.75) is 0 Å². The number of benzene rings is 2. The van der Waals surface area contributed by atoms with Crippen molar-refractivity contribution in [3.05, 3.63) is 59.4 Å². The largest absolute Gasteiger partial charge is 0.366 e. The fourth-order valence-corrected chi connectivity index (χ4v) is 2.17. The number of para-hydroxylation sites is 1. The van der Waals surface area contributed by atoms with Crippen molar-refractivity contribution in [3.63, 3.8) is 0 Å². The van der Waals surface area contributed by atoms with Crippen molar-refractivity contribution in [1.82, 2.24) is 9.55 Å². The van der Waals surface area contributed by atoms with Gasteiger partial charge in [-0.1, -0.05) is 17.7 Å². The van der Waals surface area contributed by atoms with Crippen LogP contribution in [-0.4, -0.2) is 15.5 Å². The van der Waals surface area contributed by atoms with Crippen LogP contribution in [0.2, 0.25) is 5.02 Å². The number of amides is 1. The zero-order valence-electron chi connectivity index (χ0n) is 9.88. The average molecular weight is 272 g/mol. The number of rotatable bonds is 2. The lowest BCUT2D eigenvalue weighted by Gasteiger charge is -2.04. The first-order valence-electron chi connectivity index (χ1n) is 5.68. The van der Waals surface area contributed by atoms with Crippen LogP contribution in [0.25, 0.3) is 16.7 Å². The van der Waals surface area contributed by atoms with Gasteiger partial charge in [-0.15, -0.1) is 0 Å². The number of hydrogen-bond donors (Lipinski definition) is 1. The molecule has 2 N–H and O–H groups in total. The normalized spacial score (nSPS) is 10.8. The van der Waals surface area contributed by atoms with E-state index < -0.39 is 5.91 Å². The summed E-state index contributed by atoms with van der Waals surface area (Å²) in [6.07, 6.45) is 1.67. The van der Waals surface area contributed by atoms with E-state index in [1.165, 1.54) is 0 Å². The van der Waals surface area contributed by atoms with Gasteiger partial charge >= 0.3 is 0 Å². The van der Waals surface area contributed by atoms with Crippen LogP contribution < -0.4 is 5.73 Å². The molecule has 94 valence electrons. The third kappa shape index (κ3) is 1.96. The second-order valence-corrected chi connectivity index (χ2v) is 4.56. The highest BCUT2D eigenvalue weighted by Gasteiger charge is 2.11. The summed E-state index contributed by atoms with van der Waals surface area (Å²) in [6, 6.07) is 12.7. The van der Waals surface area contributed by atoms with Crippen LogP contribution in [0.4, 0.5) is 0 Å². The molecule has 1 heterocycles. The summed E-state index contributed by atoms with van der Waals surface area (Å²) >= 11 is 5.87. The van der Waals surface area contributed by atoms with E-state index in [1.54, 1.807) is 30.6 Å². The number of hydrogen-bond acceptors (Lipinski definition) is 2. The summed E-state index contributed by atoms with van der Waals surface area (Å²) in [5, 5.41) is 0.672. The minimum Gasteiger partial charge on any atom is -0.366 e. The van der Waals surface area contributed by atoms with Gasteiger partial charge in [0.15, 0.2) is 0 Å². The van der Waals surface area contributed by atoms with Crippen molar-refractivity contribution < 1.29 is 4.79 Å². The quantitative estimate of drug-likeness (QED) is 0.779. The Morgan fingerprint density at radius 1 is 1.16 bits per heavy atom. The molecule has 5 heteroatoms. The lowest BCUT2D eigenvalue weighted by molar-refractivity contribution is 0.100. The molecule has 0 atom stereocenters. The molecule has 0 saturated carbocycles. The van der Waals surface area contributed by atoms with Crippen molar-refractivity contribution in [3.8, 4) is 5.69 Å². The Kier molecular flexibility index (Phi) is 2.72. The summed E-state index contributed by atoms with van der Waals surface area (Å²) in [5.41, 5.74) is 8.12. The van der Waals surface area contributed by atoms with E-state index in [0.29, 0.717) is 16.1 Å². The molecule has 0 aliphatic rings.